The predicted molar refractivity (Wildman–Crippen MR) is 134 cm³/mol. The van der Waals surface area contributed by atoms with Crippen molar-refractivity contribution in [2.45, 2.75) is 25.1 Å². The number of nitrogens with zero attached hydrogens (tertiary/aromatic N) is 3. The number of hydrogen-bond acceptors (Lipinski definition) is 7. The summed E-state index contributed by atoms with van der Waals surface area (Å²) in [7, 11) is 0. The molecule has 37 heavy (non-hydrogen) atoms. The van der Waals surface area contributed by atoms with Crippen LogP contribution in [0.25, 0.3) is 21.5 Å². The van der Waals surface area contributed by atoms with E-state index in [4.69, 9.17) is 16.4 Å². The van der Waals surface area contributed by atoms with Crippen LogP contribution in [-0.4, -0.2) is 40.7 Å². The smallest absolute Gasteiger partial charge is 0.353 e. The molecule has 1 saturated carbocycles. The average molecular weight is 548 g/mol. The molecular formula is C24H17ClF3N5O3S. The van der Waals surface area contributed by atoms with Crippen LogP contribution in [0.1, 0.15) is 22.5 Å². The molecule has 0 spiro atoms. The van der Waals surface area contributed by atoms with Crippen molar-refractivity contribution in [3.05, 3.63) is 58.4 Å². The maximum absolute atomic E-state index is 13.5. The first-order chi connectivity index (χ1) is 17.7. The van der Waals surface area contributed by atoms with Gasteiger partial charge in [-0.1, -0.05) is 23.7 Å². The van der Waals surface area contributed by atoms with Crippen LogP contribution in [0.15, 0.2) is 48.5 Å². The molecule has 2 aliphatic rings. The normalized spacial score (nSPS) is 15.7. The molecule has 2 N–H and O–H groups in total. The van der Waals surface area contributed by atoms with Crippen molar-refractivity contribution < 1.29 is 27.6 Å². The first-order valence-electron chi connectivity index (χ1n) is 11.2. The molecule has 0 atom stereocenters. The number of carbonyl (C=O) groups is 2. The van der Waals surface area contributed by atoms with Crippen LogP contribution in [-0.2, 0) is 9.63 Å². The van der Waals surface area contributed by atoms with E-state index in [0.717, 1.165) is 29.2 Å². The molecule has 4 aromatic rings. The van der Waals surface area contributed by atoms with E-state index < -0.39 is 24.7 Å². The zero-order valence-corrected chi connectivity index (χ0v) is 20.4. The van der Waals surface area contributed by atoms with Crippen LogP contribution in [0.2, 0.25) is 5.02 Å². The number of alkyl halides is 3. The summed E-state index contributed by atoms with van der Waals surface area (Å²) in [6.07, 6.45) is -3.07. The van der Waals surface area contributed by atoms with E-state index in [-0.39, 0.29) is 10.6 Å². The maximum atomic E-state index is 13.5. The molecule has 0 radical (unpaired) electrons. The first-order valence-corrected chi connectivity index (χ1v) is 12.4. The monoisotopic (exact) mass is 547 g/mol. The highest BCUT2D eigenvalue weighted by molar-refractivity contribution is 7.18. The van der Waals surface area contributed by atoms with Gasteiger partial charge in [-0.15, -0.1) is 11.3 Å². The van der Waals surface area contributed by atoms with Gasteiger partial charge in [0.15, 0.2) is 0 Å². The average Bonchev–Trinajstić information content (AvgIpc) is 3.39. The minimum atomic E-state index is -5.21. The van der Waals surface area contributed by atoms with Crippen LogP contribution in [0.4, 0.5) is 30.5 Å². The summed E-state index contributed by atoms with van der Waals surface area (Å²) < 4.78 is 39.1. The number of imidazole rings is 1. The van der Waals surface area contributed by atoms with Gasteiger partial charge < -0.3 is 15.1 Å². The minimum absolute atomic E-state index is 0.0762. The molecule has 13 heteroatoms. The number of rotatable bonds is 5. The third-order valence-corrected chi connectivity index (χ3v) is 7.35. The number of aromatic amines is 1. The van der Waals surface area contributed by atoms with Crippen molar-refractivity contribution in [2.75, 3.05) is 21.9 Å². The predicted octanol–water partition coefficient (Wildman–Crippen LogP) is 5.96. The molecule has 0 saturated heterocycles. The first kappa shape index (κ1) is 23.6. The van der Waals surface area contributed by atoms with Gasteiger partial charge in [0.2, 0.25) is 5.95 Å². The van der Waals surface area contributed by atoms with E-state index in [1.54, 1.807) is 42.5 Å². The highest BCUT2D eigenvalue weighted by atomic mass is 35.5. The molecule has 3 heterocycles. The third-order valence-electron chi connectivity index (χ3n) is 5.94. The Morgan fingerprint density at radius 3 is 2.62 bits per heavy atom. The second-order valence-corrected chi connectivity index (χ2v) is 10.2. The standard InChI is InChI=1S/C24H17ClF3N5O3S/c25-13-3-1-12(2-4-13)19-10-18-20(37-19)21(34)32(11-33(18)36-22(35)24(26,27)28)15-7-8-16-17(9-15)31-23(30-16)29-14-5-6-14/h1-4,7-10,14H,5-6,11H2,(H2,29,30,31). The number of halogens is 4. The quantitative estimate of drug-likeness (QED) is 0.320. The number of H-pyrrole nitrogens is 1. The van der Waals surface area contributed by atoms with Crippen LogP contribution in [0.3, 0.4) is 0 Å². The van der Waals surface area contributed by atoms with Gasteiger partial charge in [-0.2, -0.15) is 18.2 Å². The Balaban J connectivity index is 1.37. The molecule has 2 aromatic heterocycles. The number of aromatic nitrogens is 2. The number of hydrogen-bond donors (Lipinski definition) is 2. The van der Waals surface area contributed by atoms with Crippen LogP contribution < -0.4 is 15.3 Å². The number of hydroxylamine groups is 1. The van der Waals surface area contributed by atoms with Gasteiger partial charge in [-0.3, -0.25) is 9.69 Å². The maximum Gasteiger partial charge on any atom is 0.493 e. The number of anilines is 3. The number of amides is 1. The highest BCUT2D eigenvalue weighted by Crippen LogP contribution is 2.42. The van der Waals surface area contributed by atoms with E-state index in [1.807, 2.05) is 0 Å². The summed E-state index contributed by atoms with van der Waals surface area (Å²) in [5, 5.41) is 4.57. The van der Waals surface area contributed by atoms with Crippen molar-refractivity contribution >= 4 is 63.2 Å². The fraction of sp³-hybridized carbons (Fsp3) is 0.208. The summed E-state index contributed by atoms with van der Waals surface area (Å²) >= 11 is 7.05. The summed E-state index contributed by atoms with van der Waals surface area (Å²) in [6, 6.07) is 13.7. The number of carbonyl (C=O) groups excluding carboxylic acids is 2. The van der Waals surface area contributed by atoms with Crippen molar-refractivity contribution in [1.29, 1.82) is 0 Å². The number of nitrogens with one attached hydrogen (secondary N) is 2. The molecule has 1 aliphatic heterocycles. The van der Waals surface area contributed by atoms with E-state index in [9.17, 15) is 22.8 Å². The van der Waals surface area contributed by atoms with Gasteiger partial charge in [0, 0.05) is 21.6 Å². The summed E-state index contributed by atoms with van der Waals surface area (Å²) in [5.41, 5.74) is 2.50. The number of fused-ring (bicyclic) bond motifs is 2. The van der Waals surface area contributed by atoms with Gasteiger partial charge in [0.05, 0.1) is 11.0 Å². The van der Waals surface area contributed by atoms with Gasteiger partial charge >= 0.3 is 12.1 Å². The molecule has 190 valence electrons. The molecule has 0 unspecified atom stereocenters. The minimum Gasteiger partial charge on any atom is -0.353 e. The van der Waals surface area contributed by atoms with E-state index in [2.05, 4.69) is 15.3 Å². The highest BCUT2D eigenvalue weighted by Gasteiger charge is 2.45. The lowest BCUT2D eigenvalue weighted by molar-refractivity contribution is -0.201. The lowest BCUT2D eigenvalue weighted by Crippen LogP contribution is -2.48. The molecule has 2 aromatic carbocycles. The van der Waals surface area contributed by atoms with Crippen LogP contribution in [0, 0.1) is 0 Å². The Labute approximate surface area is 216 Å². The lowest BCUT2D eigenvalue weighted by atomic mass is 10.1. The number of thiophene rings is 1. The lowest BCUT2D eigenvalue weighted by Gasteiger charge is -2.34. The Bertz CT molecular complexity index is 1530. The van der Waals surface area contributed by atoms with Gasteiger partial charge in [-0.05, 0) is 54.8 Å². The second-order valence-electron chi connectivity index (χ2n) is 8.67. The molecule has 1 fully saturated rings. The third kappa shape index (κ3) is 4.58. The van der Waals surface area contributed by atoms with Crippen LogP contribution >= 0.6 is 22.9 Å². The fourth-order valence-electron chi connectivity index (χ4n) is 3.95. The van der Waals surface area contributed by atoms with Crippen LogP contribution in [0.5, 0.6) is 0 Å². The summed E-state index contributed by atoms with van der Waals surface area (Å²) in [5.74, 6) is -2.21. The summed E-state index contributed by atoms with van der Waals surface area (Å²) in [6.45, 7) is -0.433. The zero-order chi connectivity index (χ0) is 25.9. The van der Waals surface area contributed by atoms with Crippen molar-refractivity contribution in [3.8, 4) is 10.4 Å². The van der Waals surface area contributed by atoms with E-state index >= 15 is 0 Å². The Morgan fingerprint density at radius 1 is 1.16 bits per heavy atom. The SMILES string of the molecule is O=C1c2sc(-c3ccc(Cl)cc3)cc2N(OC(=O)C(F)(F)F)CN1c1ccc2nc(NC3CC3)[nH]c2c1. The van der Waals surface area contributed by atoms with Gasteiger partial charge in [0.1, 0.15) is 17.2 Å². The fourth-order valence-corrected chi connectivity index (χ4v) is 5.18. The molecular weight excluding hydrogens is 531 g/mol. The Hall–Kier alpha value is -3.77. The Kier molecular flexibility index (Phi) is 5.53. The summed E-state index contributed by atoms with van der Waals surface area (Å²) in [4.78, 5) is 39.6. The molecule has 1 amide bonds. The van der Waals surface area contributed by atoms with Crippen molar-refractivity contribution in [2.24, 2.45) is 0 Å². The number of benzene rings is 2. The topological polar surface area (TPSA) is 90.6 Å². The van der Waals surface area contributed by atoms with E-state index in [0.29, 0.717) is 44.2 Å². The Morgan fingerprint density at radius 2 is 1.92 bits per heavy atom. The van der Waals surface area contributed by atoms with Crippen molar-refractivity contribution in [1.82, 2.24) is 9.97 Å². The van der Waals surface area contributed by atoms with Crippen molar-refractivity contribution in [3.63, 3.8) is 0 Å². The zero-order valence-electron chi connectivity index (χ0n) is 18.8. The second kappa shape index (κ2) is 8.67. The molecule has 8 nitrogen and oxygen atoms in total. The molecule has 0 bridgehead atoms. The van der Waals surface area contributed by atoms with Gasteiger partial charge in [-0.25, -0.2) is 9.78 Å². The molecule has 1 aliphatic carbocycles. The van der Waals surface area contributed by atoms with E-state index in [1.165, 1.54) is 11.0 Å². The van der Waals surface area contributed by atoms with Gasteiger partial charge in [0.25, 0.3) is 5.91 Å². The largest absolute Gasteiger partial charge is 0.493 e. The molecule has 6 rings (SSSR count).